The zero-order valence-corrected chi connectivity index (χ0v) is 16.5. The summed E-state index contributed by atoms with van der Waals surface area (Å²) in [5, 5.41) is 3.73. The number of para-hydroxylation sites is 1. The molecule has 3 aromatic rings. The van der Waals surface area contributed by atoms with Crippen LogP contribution < -0.4 is 5.32 Å². The van der Waals surface area contributed by atoms with Crippen LogP contribution in [0.15, 0.2) is 54.9 Å². The normalized spacial score (nSPS) is 14.7. The lowest BCUT2D eigenvalue weighted by atomic mass is 9.95. The average Bonchev–Trinajstić information content (AvgIpc) is 2.78. The van der Waals surface area contributed by atoms with Crippen LogP contribution in [0.3, 0.4) is 0 Å². The first kappa shape index (κ1) is 19.1. The van der Waals surface area contributed by atoms with E-state index in [1.54, 1.807) is 12.4 Å². The molecule has 0 spiro atoms. The Bertz CT molecular complexity index is 1030. The molecule has 0 atom stereocenters. The van der Waals surface area contributed by atoms with E-state index in [0.29, 0.717) is 38.0 Å². The lowest BCUT2D eigenvalue weighted by Crippen LogP contribution is -2.43. The number of fused-ring (bicyclic) bond motifs is 1. The number of piperidine rings is 1. The van der Waals surface area contributed by atoms with Crippen molar-refractivity contribution in [2.45, 2.75) is 19.8 Å². The van der Waals surface area contributed by atoms with Gasteiger partial charge in [-0.3, -0.25) is 14.6 Å². The second-order valence-electron chi connectivity index (χ2n) is 7.27. The van der Waals surface area contributed by atoms with Crippen LogP contribution in [-0.2, 0) is 4.79 Å². The van der Waals surface area contributed by atoms with Gasteiger partial charge in [0.05, 0.1) is 16.8 Å². The zero-order valence-electron chi connectivity index (χ0n) is 16.5. The van der Waals surface area contributed by atoms with Crippen molar-refractivity contribution >= 4 is 22.7 Å². The van der Waals surface area contributed by atoms with E-state index in [-0.39, 0.29) is 17.7 Å². The number of carbonyl (C=O) groups is 2. The zero-order chi connectivity index (χ0) is 20.2. The number of nitrogens with zero attached hydrogens (tertiary/aromatic N) is 3. The lowest BCUT2D eigenvalue weighted by Gasteiger charge is -2.31. The molecule has 2 amide bonds. The van der Waals surface area contributed by atoms with Crippen molar-refractivity contribution in [1.29, 1.82) is 0 Å². The second kappa shape index (κ2) is 8.39. The van der Waals surface area contributed by atoms with Crippen LogP contribution in [0.25, 0.3) is 22.2 Å². The monoisotopic (exact) mass is 388 g/mol. The van der Waals surface area contributed by atoms with Gasteiger partial charge >= 0.3 is 0 Å². The molecular formula is C23H24N4O2. The fraction of sp³-hybridized carbons (Fsp3) is 0.304. The molecule has 0 aliphatic carbocycles. The van der Waals surface area contributed by atoms with Crippen LogP contribution >= 0.6 is 0 Å². The van der Waals surface area contributed by atoms with Crippen molar-refractivity contribution in [1.82, 2.24) is 20.2 Å². The van der Waals surface area contributed by atoms with Crippen LogP contribution in [0.4, 0.5) is 0 Å². The minimum atomic E-state index is -0.0147. The largest absolute Gasteiger partial charge is 0.356 e. The fourth-order valence-corrected chi connectivity index (χ4v) is 3.85. The minimum absolute atomic E-state index is 0.0110. The molecule has 2 aromatic heterocycles. The van der Waals surface area contributed by atoms with Crippen LogP contribution in [0.1, 0.15) is 30.1 Å². The first-order valence-electron chi connectivity index (χ1n) is 10.0. The topological polar surface area (TPSA) is 75.2 Å². The predicted molar refractivity (Wildman–Crippen MR) is 112 cm³/mol. The van der Waals surface area contributed by atoms with Crippen molar-refractivity contribution in [2.75, 3.05) is 19.6 Å². The number of hydrogen-bond acceptors (Lipinski definition) is 4. The van der Waals surface area contributed by atoms with E-state index in [9.17, 15) is 9.59 Å². The molecule has 3 heterocycles. The predicted octanol–water partition coefficient (Wildman–Crippen LogP) is 3.29. The van der Waals surface area contributed by atoms with Gasteiger partial charge in [-0.15, -0.1) is 0 Å². The summed E-state index contributed by atoms with van der Waals surface area (Å²) in [6, 6.07) is 13.4. The first-order valence-corrected chi connectivity index (χ1v) is 10.0. The molecule has 6 nitrogen and oxygen atoms in total. The third-order valence-electron chi connectivity index (χ3n) is 5.41. The van der Waals surface area contributed by atoms with Crippen LogP contribution in [0, 0.1) is 5.92 Å². The summed E-state index contributed by atoms with van der Waals surface area (Å²) in [4.78, 5) is 36.2. The van der Waals surface area contributed by atoms with E-state index in [2.05, 4.69) is 10.3 Å². The molecule has 0 bridgehead atoms. The molecule has 1 aromatic carbocycles. The average molecular weight is 388 g/mol. The molecule has 6 heteroatoms. The van der Waals surface area contributed by atoms with Crippen LogP contribution in [0.2, 0.25) is 0 Å². The van der Waals surface area contributed by atoms with Gasteiger partial charge in [0.2, 0.25) is 5.91 Å². The van der Waals surface area contributed by atoms with E-state index in [1.807, 2.05) is 54.3 Å². The Morgan fingerprint density at radius 3 is 2.66 bits per heavy atom. The summed E-state index contributed by atoms with van der Waals surface area (Å²) in [5.41, 5.74) is 3.04. The summed E-state index contributed by atoms with van der Waals surface area (Å²) in [7, 11) is 0. The van der Waals surface area contributed by atoms with Crippen LogP contribution in [-0.4, -0.2) is 46.3 Å². The number of benzene rings is 1. The van der Waals surface area contributed by atoms with Gasteiger partial charge in [-0.25, -0.2) is 4.98 Å². The second-order valence-corrected chi connectivity index (χ2v) is 7.27. The molecule has 0 radical (unpaired) electrons. The van der Waals surface area contributed by atoms with E-state index in [0.717, 1.165) is 22.2 Å². The Morgan fingerprint density at radius 1 is 1.14 bits per heavy atom. The molecule has 1 fully saturated rings. The van der Waals surface area contributed by atoms with Gasteiger partial charge in [0, 0.05) is 48.9 Å². The number of pyridine rings is 2. The summed E-state index contributed by atoms with van der Waals surface area (Å²) >= 11 is 0. The van der Waals surface area contributed by atoms with Gasteiger partial charge in [-0.2, -0.15) is 0 Å². The van der Waals surface area contributed by atoms with Gasteiger partial charge < -0.3 is 10.2 Å². The molecule has 148 valence electrons. The Balaban J connectivity index is 1.63. The van der Waals surface area contributed by atoms with Crippen molar-refractivity contribution in [3.05, 3.63) is 60.4 Å². The minimum Gasteiger partial charge on any atom is -0.356 e. The maximum absolute atomic E-state index is 13.4. The molecule has 1 N–H and O–H groups in total. The maximum atomic E-state index is 13.4. The van der Waals surface area contributed by atoms with Gasteiger partial charge in [0.15, 0.2) is 0 Å². The Morgan fingerprint density at radius 2 is 1.93 bits per heavy atom. The van der Waals surface area contributed by atoms with Gasteiger partial charge in [-0.05, 0) is 44.0 Å². The number of rotatable bonds is 4. The molecular weight excluding hydrogens is 364 g/mol. The standard InChI is InChI=1S/C23H24N4O2/c1-2-25-22(28)16-9-12-27(13-10-16)23(29)19-14-21(17-6-5-11-24-15-17)26-20-8-4-3-7-18(19)20/h3-8,11,14-16H,2,9-10,12-13H2,1H3,(H,25,28). The first-order chi connectivity index (χ1) is 14.2. The number of likely N-dealkylation sites (tertiary alicyclic amines) is 1. The Hall–Kier alpha value is -3.28. The molecule has 1 saturated heterocycles. The van der Waals surface area contributed by atoms with Crippen LogP contribution in [0.5, 0.6) is 0 Å². The Labute approximate surface area is 170 Å². The van der Waals surface area contributed by atoms with Crippen molar-refractivity contribution < 1.29 is 9.59 Å². The van der Waals surface area contributed by atoms with E-state index < -0.39 is 0 Å². The SMILES string of the molecule is CCNC(=O)C1CCN(C(=O)c2cc(-c3cccnc3)nc3ccccc23)CC1. The lowest BCUT2D eigenvalue weighted by molar-refractivity contribution is -0.126. The van der Waals surface area contributed by atoms with Gasteiger partial charge in [-0.1, -0.05) is 18.2 Å². The Kier molecular flexibility index (Phi) is 5.51. The highest BCUT2D eigenvalue weighted by atomic mass is 16.2. The summed E-state index contributed by atoms with van der Waals surface area (Å²) in [6.45, 7) is 3.72. The summed E-state index contributed by atoms with van der Waals surface area (Å²) in [5.74, 6) is 0.0649. The highest BCUT2D eigenvalue weighted by Crippen LogP contribution is 2.27. The highest BCUT2D eigenvalue weighted by Gasteiger charge is 2.28. The fourth-order valence-electron chi connectivity index (χ4n) is 3.85. The quantitative estimate of drug-likeness (QED) is 0.744. The van der Waals surface area contributed by atoms with Gasteiger partial charge in [0.1, 0.15) is 0 Å². The number of hydrogen-bond donors (Lipinski definition) is 1. The van der Waals surface area contributed by atoms with E-state index in [1.165, 1.54) is 0 Å². The maximum Gasteiger partial charge on any atom is 0.254 e. The third-order valence-corrected chi connectivity index (χ3v) is 5.41. The molecule has 0 unspecified atom stereocenters. The van der Waals surface area contributed by atoms with Crippen molar-refractivity contribution in [3.8, 4) is 11.3 Å². The summed E-state index contributed by atoms with van der Waals surface area (Å²) in [6.07, 6.45) is 4.85. The van der Waals surface area contributed by atoms with E-state index >= 15 is 0 Å². The number of carbonyl (C=O) groups excluding carboxylic acids is 2. The molecule has 1 aliphatic heterocycles. The smallest absolute Gasteiger partial charge is 0.254 e. The molecule has 29 heavy (non-hydrogen) atoms. The van der Waals surface area contributed by atoms with Crippen molar-refractivity contribution in [2.24, 2.45) is 5.92 Å². The van der Waals surface area contributed by atoms with E-state index in [4.69, 9.17) is 4.98 Å². The highest BCUT2D eigenvalue weighted by molar-refractivity contribution is 6.07. The summed E-state index contributed by atoms with van der Waals surface area (Å²) < 4.78 is 0. The molecule has 1 aliphatic rings. The van der Waals surface area contributed by atoms with Crippen molar-refractivity contribution in [3.63, 3.8) is 0 Å². The number of amides is 2. The van der Waals surface area contributed by atoms with Gasteiger partial charge in [0.25, 0.3) is 5.91 Å². The molecule has 4 rings (SSSR count). The number of aromatic nitrogens is 2. The molecule has 0 saturated carbocycles. The third kappa shape index (κ3) is 3.97. The number of nitrogens with one attached hydrogen (secondary N) is 1.